The summed E-state index contributed by atoms with van der Waals surface area (Å²) >= 11 is 0. The summed E-state index contributed by atoms with van der Waals surface area (Å²) in [5.74, 6) is -4.93. The zero-order valence-corrected chi connectivity index (χ0v) is 11.3. The van der Waals surface area contributed by atoms with Crippen LogP contribution in [-0.4, -0.2) is 18.0 Å². The summed E-state index contributed by atoms with van der Waals surface area (Å²) in [6, 6.07) is 1.76. The average molecular weight is 286 g/mol. The third-order valence-corrected chi connectivity index (χ3v) is 3.78. The van der Waals surface area contributed by atoms with Crippen molar-refractivity contribution in [3.8, 4) is 0 Å². The molecule has 0 spiro atoms. The van der Waals surface area contributed by atoms with Crippen molar-refractivity contribution in [2.24, 2.45) is 0 Å². The second-order valence-corrected chi connectivity index (χ2v) is 5.04. The fourth-order valence-electron chi connectivity index (χ4n) is 2.78. The number of carbonyl (C=O) groups is 1. The summed E-state index contributed by atoms with van der Waals surface area (Å²) in [5, 5.41) is 0. The first-order valence-electron chi connectivity index (χ1n) is 6.84. The topological polar surface area (TPSA) is 26.3 Å². The maximum atomic E-state index is 13.8. The Bertz CT molecular complexity index is 503. The van der Waals surface area contributed by atoms with Crippen LogP contribution in [0, 0.1) is 17.5 Å². The van der Waals surface area contributed by atoms with E-state index in [1.54, 1.807) is 6.92 Å². The minimum atomic E-state index is -1.61. The Morgan fingerprint density at radius 1 is 1.15 bits per heavy atom. The summed E-state index contributed by atoms with van der Waals surface area (Å²) in [4.78, 5) is 12.5. The molecule has 0 unspecified atom stereocenters. The maximum Gasteiger partial charge on any atom is 0.197 e. The molecule has 0 bridgehead atoms. The van der Waals surface area contributed by atoms with Gasteiger partial charge in [-0.1, -0.05) is 19.3 Å². The van der Waals surface area contributed by atoms with Crippen LogP contribution in [0.15, 0.2) is 12.1 Å². The predicted molar refractivity (Wildman–Crippen MR) is 68.1 cm³/mol. The Morgan fingerprint density at radius 2 is 1.80 bits per heavy atom. The fourth-order valence-corrected chi connectivity index (χ4v) is 2.78. The lowest BCUT2D eigenvalue weighted by molar-refractivity contribution is -0.0413. The Morgan fingerprint density at radius 3 is 2.40 bits per heavy atom. The number of Topliss-reactive ketones (excluding diaryl/α,β-unsaturated/α-hetero) is 1. The van der Waals surface area contributed by atoms with E-state index in [2.05, 4.69) is 0 Å². The van der Waals surface area contributed by atoms with Crippen molar-refractivity contribution in [2.45, 2.75) is 44.6 Å². The largest absolute Gasteiger partial charge is 0.367 e. The molecule has 1 fully saturated rings. The zero-order chi connectivity index (χ0) is 14.8. The number of hydrogen-bond donors (Lipinski definition) is 0. The van der Waals surface area contributed by atoms with Crippen LogP contribution in [0.2, 0.25) is 0 Å². The molecule has 20 heavy (non-hydrogen) atoms. The van der Waals surface area contributed by atoms with Crippen molar-refractivity contribution in [3.63, 3.8) is 0 Å². The number of benzene rings is 1. The van der Waals surface area contributed by atoms with E-state index in [-0.39, 0.29) is 0 Å². The molecule has 1 aliphatic rings. The van der Waals surface area contributed by atoms with Crippen LogP contribution in [0.3, 0.4) is 0 Å². The molecule has 5 heteroatoms. The molecule has 0 aromatic heterocycles. The molecule has 1 aliphatic carbocycles. The van der Waals surface area contributed by atoms with E-state index in [4.69, 9.17) is 4.74 Å². The van der Waals surface area contributed by atoms with Crippen LogP contribution in [0.5, 0.6) is 0 Å². The number of ketones is 1. The monoisotopic (exact) mass is 286 g/mol. The van der Waals surface area contributed by atoms with Crippen molar-refractivity contribution in [1.82, 2.24) is 0 Å². The van der Waals surface area contributed by atoms with Crippen molar-refractivity contribution >= 4 is 5.78 Å². The van der Waals surface area contributed by atoms with E-state index in [1.165, 1.54) is 0 Å². The predicted octanol–water partition coefficient (Wildman–Crippen LogP) is 4.03. The maximum absolute atomic E-state index is 13.8. The van der Waals surface area contributed by atoms with Crippen LogP contribution < -0.4 is 0 Å². The zero-order valence-electron chi connectivity index (χ0n) is 11.3. The van der Waals surface area contributed by atoms with Crippen LogP contribution in [0.25, 0.3) is 0 Å². The van der Waals surface area contributed by atoms with Gasteiger partial charge < -0.3 is 4.74 Å². The molecule has 0 atom stereocenters. The van der Waals surface area contributed by atoms with Gasteiger partial charge >= 0.3 is 0 Å². The minimum Gasteiger partial charge on any atom is -0.367 e. The molecule has 0 saturated heterocycles. The van der Waals surface area contributed by atoms with E-state index in [9.17, 15) is 18.0 Å². The van der Waals surface area contributed by atoms with E-state index in [0.29, 0.717) is 19.4 Å². The minimum absolute atomic E-state index is 0.317. The molecular weight excluding hydrogens is 269 g/mol. The third kappa shape index (κ3) is 2.59. The molecule has 0 heterocycles. The van der Waals surface area contributed by atoms with Crippen LogP contribution in [-0.2, 0) is 4.74 Å². The number of carbonyl (C=O) groups excluding carboxylic acids is 1. The highest BCUT2D eigenvalue weighted by atomic mass is 19.2. The molecular formula is C15H17F3O2. The van der Waals surface area contributed by atoms with E-state index < -0.39 is 34.4 Å². The lowest BCUT2D eigenvalue weighted by atomic mass is 9.79. The van der Waals surface area contributed by atoms with E-state index >= 15 is 0 Å². The number of hydrogen-bond acceptors (Lipinski definition) is 2. The number of halogens is 3. The highest BCUT2D eigenvalue weighted by Gasteiger charge is 2.42. The molecule has 2 rings (SSSR count). The smallest absolute Gasteiger partial charge is 0.197 e. The van der Waals surface area contributed by atoms with Crippen molar-refractivity contribution in [3.05, 3.63) is 35.1 Å². The molecule has 2 nitrogen and oxygen atoms in total. The van der Waals surface area contributed by atoms with Crippen molar-refractivity contribution in [1.29, 1.82) is 0 Å². The van der Waals surface area contributed by atoms with Gasteiger partial charge in [0.05, 0.1) is 5.56 Å². The first-order valence-corrected chi connectivity index (χ1v) is 6.84. The molecule has 0 N–H and O–H groups in total. The lowest BCUT2D eigenvalue weighted by Crippen LogP contribution is -2.44. The normalized spacial score (nSPS) is 18.0. The van der Waals surface area contributed by atoms with Gasteiger partial charge in [0, 0.05) is 6.61 Å². The summed E-state index contributed by atoms with van der Waals surface area (Å²) in [6.07, 6.45) is 3.56. The second-order valence-electron chi connectivity index (χ2n) is 5.04. The number of ether oxygens (including phenoxy) is 1. The van der Waals surface area contributed by atoms with E-state index in [0.717, 1.165) is 31.4 Å². The molecule has 1 aromatic rings. The Hall–Kier alpha value is -1.36. The quantitative estimate of drug-likeness (QED) is 0.617. The standard InChI is InChI=1S/C15H17F3O2/c1-2-20-15(8-4-3-5-9-15)14(19)10-6-7-11(16)13(18)12(10)17/h6-7H,2-5,8-9H2,1H3. The van der Waals surface area contributed by atoms with Gasteiger partial charge in [0.15, 0.2) is 23.2 Å². The molecule has 0 aliphatic heterocycles. The summed E-state index contributed by atoms with van der Waals surface area (Å²) < 4.78 is 45.6. The summed E-state index contributed by atoms with van der Waals surface area (Å²) in [5.41, 5.74) is -1.53. The average Bonchev–Trinajstić information content (AvgIpc) is 2.46. The van der Waals surface area contributed by atoms with E-state index in [1.807, 2.05) is 0 Å². The first kappa shape index (κ1) is 15.0. The van der Waals surface area contributed by atoms with Gasteiger partial charge in [-0.25, -0.2) is 13.2 Å². The van der Waals surface area contributed by atoms with Gasteiger partial charge in [0.2, 0.25) is 0 Å². The lowest BCUT2D eigenvalue weighted by Gasteiger charge is -2.35. The molecule has 0 radical (unpaired) electrons. The van der Waals surface area contributed by atoms with Crippen molar-refractivity contribution in [2.75, 3.05) is 6.61 Å². The van der Waals surface area contributed by atoms with Gasteiger partial charge in [0.25, 0.3) is 0 Å². The summed E-state index contributed by atoms with van der Waals surface area (Å²) in [6.45, 7) is 2.07. The molecule has 110 valence electrons. The highest BCUT2D eigenvalue weighted by molar-refractivity contribution is 6.02. The summed E-state index contributed by atoms with van der Waals surface area (Å²) in [7, 11) is 0. The second kappa shape index (κ2) is 5.95. The van der Waals surface area contributed by atoms with Gasteiger partial charge in [-0.15, -0.1) is 0 Å². The fraction of sp³-hybridized carbons (Fsp3) is 0.533. The van der Waals surface area contributed by atoms with Gasteiger partial charge in [-0.05, 0) is 31.9 Å². The third-order valence-electron chi connectivity index (χ3n) is 3.78. The van der Waals surface area contributed by atoms with Crippen LogP contribution in [0.4, 0.5) is 13.2 Å². The highest BCUT2D eigenvalue weighted by Crippen LogP contribution is 2.35. The molecule has 1 saturated carbocycles. The van der Waals surface area contributed by atoms with Gasteiger partial charge in [-0.2, -0.15) is 0 Å². The number of rotatable bonds is 4. The Kier molecular flexibility index (Phi) is 4.48. The Labute approximate surface area is 115 Å². The van der Waals surface area contributed by atoms with Crippen molar-refractivity contribution < 1.29 is 22.7 Å². The SMILES string of the molecule is CCOC1(C(=O)c2ccc(F)c(F)c2F)CCCCC1. The van der Waals surface area contributed by atoms with Gasteiger partial charge in [-0.3, -0.25) is 4.79 Å². The molecule has 1 aromatic carbocycles. The Balaban J connectivity index is 2.40. The van der Waals surface area contributed by atoms with Gasteiger partial charge in [0.1, 0.15) is 5.60 Å². The first-order chi connectivity index (χ1) is 9.52. The van der Waals surface area contributed by atoms with Crippen LogP contribution >= 0.6 is 0 Å². The van der Waals surface area contributed by atoms with Crippen LogP contribution in [0.1, 0.15) is 49.4 Å². The molecule has 0 amide bonds.